The Morgan fingerprint density at radius 3 is 2.35 bits per heavy atom. The summed E-state index contributed by atoms with van der Waals surface area (Å²) in [5.74, 6) is 0.682. The van der Waals surface area contributed by atoms with Crippen LogP contribution in [0.15, 0.2) is 12.3 Å². The summed E-state index contributed by atoms with van der Waals surface area (Å²) in [6.45, 7) is 4.60. The molecule has 0 unspecified atom stereocenters. The Kier molecular flexibility index (Phi) is 3.19. The van der Waals surface area contributed by atoms with E-state index in [1.165, 1.54) is 0 Å². The molecule has 0 saturated carbocycles. The minimum Gasteiger partial charge on any atom is -0.330 e. The van der Waals surface area contributed by atoms with Gasteiger partial charge in [0.15, 0.2) is 5.82 Å². The summed E-state index contributed by atoms with van der Waals surface area (Å²) < 4.78 is 1.75. The van der Waals surface area contributed by atoms with Crippen LogP contribution in [0.25, 0.3) is 11.5 Å². The first kappa shape index (κ1) is 11.7. The standard InChI is InChI=1S/C12H17N5/c1-8-10(4-6-13)9(2)15-12(14-8)11-5-7-17(3)16-11/h5,7H,4,6,13H2,1-3H3. The largest absolute Gasteiger partial charge is 0.330 e. The van der Waals surface area contributed by atoms with Crippen LogP contribution in [0.1, 0.15) is 17.0 Å². The maximum atomic E-state index is 5.58. The van der Waals surface area contributed by atoms with E-state index in [4.69, 9.17) is 5.73 Å². The first-order valence-corrected chi connectivity index (χ1v) is 5.66. The van der Waals surface area contributed by atoms with Gasteiger partial charge < -0.3 is 5.73 Å². The highest BCUT2D eigenvalue weighted by Crippen LogP contribution is 2.17. The van der Waals surface area contributed by atoms with Crippen LogP contribution in [0.5, 0.6) is 0 Å². The van der Waals surface area contributed by atoms with Crippen LogP contribution in [0, 0.1) is 13.8 Å². The van der Waals surface area contributed by atoms with Crippen molar-refractivity contribution >= 4 is 0 Å². The summed E-state index contributed by atoms with van der Waals surface area (Å²) in [7, 11) is 1.88. The Morgan fingerprint density at radius 1 is 1.24 bits per heavy atom. The molecule has 0 fully saturated rings. The Hall–Kier alpha value is -1.75. The van der Waals surface area contributed by atoms with Crippen LogP contribution in [0.3, 0.4) is 0 Å². The second-order valence-electron chi connectivity index (χ2n) is 4.11. The fraction of sp³-hybridized carbons (Fsp3) is 0.417. The third-order valence-corrected chi connectivity index (χ3v) is 2.76. The Morgan fingerprint density at radius 2 is 1.88 bits per heavy atom. The third kappa shape index (κ3) is 2.34. The van der Waals surface area contributed by atoms with Crippen LogP contribution in [0.2, 0.25) is 0 Å². The van der Waals surface area contributed by atoms with Crippen LogP contribution in [0.4, 0.5) is 0 Å². The van der Waals surface area contributed by atoms with E-state index < -0.39 is 0 Å². The molecule has 2 rings (SSSR count). The van der Waals surface area contributed by atoms with Gasteiger partial charge in [0, 0.05) is 24.6 Å². The van der Waals surface area contributed by atoms with Gasteiger partial charge in [-0.3, -0.25) is 4.68 Å². The molecular weight excluding hydrogens is 214 g/mol. The molecule has 0 aliphatic rings. The van der Waals surface area contributed by atoms with E-state index in [0.717, 1.165) is 29.1 Å². The molecule has 0 atom stereocenters. The molecule has 2 N–H and O–H groups in total. The number of aromatic nitrogens is 4. The molecule has 0 aliphatic carbocycles. The van der Waals surface area contributed by atoms with Gasteiger partial charge in [0.25, 0.3) is 0 Å². The van der Waals surface area contributed by atoms with E-state index in [9.17, 15) is 0 Å². The molecule has 0 saturated heterocycles. The molecule has 17 heavy (non-hydrogen) atoms. The van der Waals surface area contributed by atoms with Gasteiger partial charge in [0.2, 0.25) is 0 Å². The van der Waals surface area contributed by atoms with Gasteiger partial charge >= 0.3 is 0 Å². The number of nitrogens with two attached hydrogens (primary N) is 1. The first-order valence-electron chi connectivity index (χ1n) is 5.66. The van der Waals surface area contributed by atoms with Crippen molar-refractivity contribution in [3.05, 3.63) is 29.2 Å². The second-order valence-corrected chi connectivity index (χ2v) is 4.11. The summed E-state index contributed by atoms with van der Waals surface area (Å²) >= 11 is 0. The maximum absolute atomic E-state index is 5.58. The van der Waals surface area contributed by atoms with Gasteiger partial charge in [-0.05, 0) is 38.4 Å². The molecule has 0 radical (unpaired) electrons. The predicted octanol–water partition coefficient (Wildman–Crippen LogP) is 0.995. The Balaban J connectivity index is 2.45. The third-order valence-electron chi connectivity index (χ3n) is 2.76. The molecule has 2 heterocycles. The zero-order valence-electron chi connectivity index (χ0n) is 10.4. The highest BCUT2D eigenvalue weighted by atomic mass is 15.3. The van der Waals surface area contributed by atoms with E-state index >= 15 is 0 Å². The maximum Gasteiger partial charge on any atom is 0.180 e. The molecule has 2 aromatic rings. The number of nitrogens with zero attached hydrogens (tertiary/aromatic N) is 4. The SMILES string of the molecule is Cc1nc(-c2ccn(C)n2)nc(C)c1CCN. The molecule has 5 heteroatoms. The quantitative estimate of drug-likeness (QED) is 0.855. The minimum absolute atomic E-state index is 0.619. The van der Waals surface area contributed by atoms with E-state index in [2.05, 4.69) is 15.1 Å². The van der Waals surface area contributed by atoms with Crippen LogP contribution >= 0.6 is 0 Å². The van der Waals surface area contributed by atoms with E-state index in [0.29, 0.717) is 12.4 Å². The predicted molar refractivity (Wildman–Crippen MR) is 66.5 cm³/mol. The summed E-state index contributed by atoms with van der Waals surface area (Å²) in [6.07, 6.45) is 2.71. The lowest BCUT2D eigenvalue weighted by atomic mass is 10.1. The zero-order chi connectivity index (χ0) is 12.4. The Bertz CT molecular complexity index is 506. The van der Waals surface area contributed by atoms with E-state index in [-0.39, 0.29) is 0 Å². The van der Waals surface area contributed by atoms with E-state index in [1.807, 2.05) is 33.2 Å². The summed E-state index contributed by atoms with van der Waals surface area (Å²) in [4.78, 5) is 8.99. The molecule has 0 aromatic carbocycles. The molecule has 0 aliphatic heterocycles. The monoisotopic (exact) mass is 231 g/mol. The van der Waals surface area contributed by atoms with Crippen LogP contribution < -0.4 is 5.73 Å². The first-order chi connectivity index (χ1) is 8.11. The van der Waals surface area contributed by atoms with Crippen molar-refractivity contribution in [2.45, 2.75) is 20.3 Å². The van der Waals surface area contributed by atoms with Gasteiger partial charge in [-0.25, -0.2) is 9.97 Å². The smallest absolute Gasteiger partial charge is 0.180 e. The molecule has 0 amide bonds. The van der Waals surface area contributed by atoms with Crippen molar-refractivity contribution in [1.29, 1.82) is 0 Å². The summed E-state index contributed by atoms with van der Waals surface area (Å²) in [5, 5.41) is 4.31. The molecule has 5 nitrogen and oxygen atoms in total. The van der Waals surface area contributed by atoms with Gasteiger partial charge in [0.1, 0.15) is 5.69 Å². The lowest BCUT2D eigenvalue weighted by Crippen LogP contribution is -2.09. The molecule has 0 bridgehead atoms. The number of aryl methyl sites for hydroxylation is 3. The molecular formula is C12H17N5. The van der Waals surface area contributed by atoms with Crippen molar-refractivity contribution in [1.82, 2.24) is 19.7 Å². The minimum atomic E-state index is 0.619. The average Bonchev–Trinajstić information content (AvgIpc) is 2.70. The van der Waals surface area contributed by atoms with Crippen molar-refractivity contribution in [3.63, 3.8) is 0 Å². The zero-order valence-corrected chi connectivity index (χ0v) is 10.4. The number of rotatable bonds is 3. The molecule has 0 spiro atoms. The highest BCUT2D eigenvalue weighted by Gasteiger charge is 2.10. The number of hydrogen-bond acceptors (Lipinski definition) is 4. The fourth-order valence-electron chi connectivity index (χ4n) is 1.89. The summed E-state index contributed by atoms with van der Waals surface area (Å²) in [6, 6.07) is 1.91. The van der Waals surface area contributed by atoms with Crippen molar-refractivity contribution in [3.8, 4) is 11.5 Å². The highest BCUT2D eigenvalue weighted by molar-refractivity contribution is 5.49. The van der Waals surface area contributed by atoms with Gasteiger partial charge in [-0.2, -0.15) is 5.10 Å². The molecule has 2 aromatic heterocycles. The Labute approximate surface area is 101 Å². The lowest BCUT2D eigenvalue weighted by molar-refractivity contribution is 0.767. The van der Waals surface area contributed by atoms with E-state index in [1.54, 1.807) is 4.68 Å². The van der Waals surface area contributed by atoms with Crippen LogP contribution in [-0.2, 0) is 13.5 Å². The number of hydrogen-bond donors (Lipinski definition) is 1. The van der Waals surface area contributed by atoms with Gasteiger partial charge in [-0.15, -0.1) is 0 Å². The lowest BCUT2D eigenvalue weighted by Gasteiger charge is -2.08. The van der Waals surface area contributed by atoms with Crippen molar-refractivity contribution < 1.29 is 0 Å². The normalized spacial score (nSPS) is 10.8. The molecule has 90 valence electrons. The van der Waals surface area contributed by atoms with Crippen molar-refractivity contribution in [2.24, 2.45) is 12.8 Å². The fourth-order valence-corrected chi connectivity index (χ4v) is 1.89. The summed E-state index contributed by atoms with van der Waals surface area (Å²) in [5.41, 5.74) is 9.51. The average molecular weight is 231 g/mol. The van der Waals surface area contributed by atoms with Crippen LogP contribution in [-0.4, -0.2) is 26.3 Å². The van der Waals surface area contributed by atoms with Gasteiger partial charge in [-0.1, -0.05) is 0 Å². The van der Waals surface area contributed by atoms with Crippen molar-refractivity contribution in [2.75, 3.05) is 6.54 Å². The van der Waals surface area contributed by atoms with Gasteiger partial charge in [0.05, 0.1) is 0 Å². The topological polar surface area (TPSA) is 69.6 Å². The second kappa shape index (κ2) is 4.63.